The van der Waals surface area contributed by atoms with E-state index >= 15 is 0 Å². The number of hydrogen-bond donors (Lipinski definition) is 1. The number of nitrogens with zero attached hydrogens (tertiary/aromatic N) is 1. The maximum Gasteiger partial charge on any atom is 0.244 e. The van der Waals surface area contributed by atoms with E-state index < -0.39 is 16.1 Å². The standard InChI is InChI=1S/C22H30N2O3S/c1-5-17-13-14-18(6-2)19(15-17)16-23-22(25)21(7-3)24(28(4,26)27)20-11-9-8-10-12-20/h8-15,21H,5-7,16H2,1-4H3,(H,23,25)/t21-/m1/s1. The Morgan fingerprint density at radius 1 is 1.00 bits per heavy atom. The number of rotatable bonds is 9. The maximum absolute atomic E-state index is 12.9. The predicted molar refractivity (Wildman–Crippen MR) is 115 cm³/mol. The number of carbonyl (C=O) groups is 1. The first-order valence-corrected chi connectivity index (χ1v) is 11.6. The molecule has 6 heteroatoms. The fourth-order valence-corrected chi connectivity index (χ4v) is 4.56. The summed E-state index contributed by atoms with van der Waals surface area (Å²) < 4.78 is 26.1. The monoisotopic (exact) mass is 402 g/mol. The summed E-state index contributed by atoms with van der Waals surface area (Å²) in [6, 6.07) is 14.3. The zero-order valence-corrected chi connectivity index (χ0v) is 17.9. The summed E-state index contributed by atoms with van der Waals surface area (Å²) in [6.45, 7) is 6.39. The largest absolute Gasteiger partial charge is 0.350 e. The smallest absolute Gasteiger partial charge is 0.244 e. The van der Waals surface area contributed by atoms with Crippen molar-refractivity contribution >= 4 is 21.6 Å². The molecule has 0 aliphatic heterocycles. The molecule has 0 bridgehead atoms. The average Bonchev–Trinajstić information content (AvgIpc) is 2.69. The fourth-order valence-electron chi connectivity index (χ4n) is 3.34. The van der Waals surface area contributed by atoms with Crippen LogP contribution in [0.3, 0.4) is 0 Å². The van der Waals surface area contributed by atoms with Crippen molar-refractivity contribution in [3.05, 3.63) is 65.2 Å². The summed E-state index contributed by atoms with van der Waals surface area (Å²) in [7, 11) is -3.61. The molecule has 5 nitrogen and oxygen atoms in total. The summed E-state index contributed by atoms with van der Waals surface area (Å²) >= 11 is 0. The summed E-state index contributed by atoms with van der Waals surface area (Å²) in [5, 5.41) is 2.95. The second-order valence-electron chi connectivity index (χ2n) is 6.85. The van der Waals surface area contributed by atoms with Gasteiger partial charge < -0.3 is 5.32 Å². The van der Waals surface area contributed by atoms with Crippen molar-refractivity contribution in [3.63, 3.8) is 0 Å². The van der Waals surface area contributed by atoms with Crippen LogP contribution in [-0.2, 0) is 34.2 Å². The van der Waals surface area contributed by atoms with Crippen molar-refractivity contribution in [1.29, 1.82) is 0 Å². The van der Waals surface area contributed by atoms with E-state index in [4.69, 9.17) is 0 Å². The predicted octanol–water partition coefficient (Wildman–Crippen LogP) is 3.67. The van der Waals surface area contributed by atoms with Gasteiger partial charge in [0, 0.05) is 6.54 Å². The number of nitrogens with one attached hydrogen (secondary N) is 1. The van der Waals surface area contributed by atoms with Gasteiger partial charge in [0.1, 0.15) is 6.04 Å². The van der Waals surface area contributed by atoms with Crippen LogP contribution in [0.25, 0.3) is 0 Å². The molecule has 0 aromatic heterocycles. The van der Waals surface area contributed by atoms with Crippen LogP contribution in [0.2, 0.25) is 0 Å². The Labute approximate surface area is 168 Å². The van der Waals surface area contributed by atoms with E-state index in [0.29, 0.717) is 18.7 Å². The first kappa shape index (κ1) is 22.0. The second kappa shape index (κ2) is 9.73. The van der Waals surface area contributed by atoms with Crippen LogP contribution >= 0.6 is 0 Å². The number of para-hydroxylation sites is 1. The Hall–Kier alpha value is -2.34. The Balaban J connectivity index is 2.25. The molecule has 0 aliphatic rings. The van der Waals surface area contributed by atoms with Crippen LogP contribution in [0.15, 0.2) is 48.5 Å². The van der Waals surface area contributed by atoms with Gasteiger partial charge in [0.15, 0.2) is 0 Å². The Kier molecular flexibility index (Phi) is 7.63. The number of hydrogen-bond acceptors (Lipinski definition) is 3. The number of benzene rings is 2. The SMILES string of the molecule is CCc1ccc(CC)c(CNC(=O)[C@@H](CC)N(c2ccccc2)S(C)(=O)=O)c1. The van der Waals surface area contributed by atoms with E-state index in [0.717, 1.165) is 24.7 Å². The van der Waals surface area contributed by atoms with Gasteiger partial charge in [-0.1, -0.05) is 57.2 Å². The van der Waals surface area contributed by atoms with E-state index in [2.05, 4.69) is 37.4 Å². The highest BCUT2D eigenvalue weighted by molar-refractivity contribution is 7.92. The van der Waals surface area contributed by atoms with Gasteiger partial charge in [0.2, 0.25) is 15.9 Å². The zero-order valence-electron chi connectivity index (χ0n) is 17.1. The van der Waals surface area contributed by atoms with E-state index in [1.165, 1.54) is 15.4 Å². The van der Waals surface area contributed by atoms with Crippen LogP contribution in [0.4, 0.5) is 5.69 Å². The van der Waals surface area contributed by atoms with Gasteiger partial charge in [-0.3, -0.25) is 9.10 Å². The van der Waals surface area contributed by atoms with Crippen LogP contribution in [0.1, 0.15) is 43.9 Å². The lowest BCUT2D eigenvalue weighted by atomic mass is 10.0. The number of amides is 1. The normalized spacial score (nSPS) is 12.4. The molecule has 0 saturated heterocycles. The van der Waals surface area contributed by atoms with Gasteiger partial charge in [-0.25, -0.2) is 8.42 Å². The van der Waals surface area contributed by atoms with E-state index in [9.17, 15) is 13.2 Å². The summed E-state index contributed by atoms with van der Waals surface area (Å²) in [6.07, 6.45) is 3.32. The molecule has 0 heterocycles. The van der Waals surface area contributed by atoms with Crippen LogP contribution in [0, 0.1) is 0 Å². The van der Waals surface area contributed by atoms with Crippen LogP contribution in [-0.4, -0.2) is 26.6 Å². The first-order valence-electron chi connectivity index (χ1n) is 9.74. The summed E-state index contributed by atoms with van der Waals surface area (Å²) in [4.78, 5) is 12.9. The molecule has 0 unspecified atom stereocenters. The van der Waals surface area contributed by atoms with Gasteiger partial charge in [-0.05, 0) is 48.1 Å². The zero-order chi connectivity index (χ0) is 20.7. The average molecular weight is 403 g/mol. The first-order chi connectivity index (χ1) is 13.3. The molecule has 1 atom stereocenters. The summed E-state index contributed by atoms with van der Waals surface area (Å²) in [5.41, 5.74) is 3.98. The summed E-state index contributed by atoms with van der Waals surface area (Å²) in [5.74, 6) is -0.291. The molecule has 0 saturated carbocycles. The highest BCUT2D eigenvalue weighted by Crippen LogP contribution is 2.22. The Morgan fingerprint density at radius 2 is 1.68 bits per heavy atom. The topological polar surface area (TPSA) is 66.5 Å². The van der Waals surface area contributed by atoms with Crippen molar-refractivity contribution < 1.29 is 13.2 Å². The maximum atomic E-state index is 12.9. The second-order valence-corrected chi connectivity index (χ2v) is 8.71. The van der Waals surface area contributed by atoms with Crippen LogP contribution < -0.4 is 9.62 Å². The molecular formula is C22H30N2O3S. The Bertz CT molecular complexity index is 895. The lowest BCUT2D eigenvalue weighted by molar-refractivity contribution is -0.122. The quantitative estimate of drug-likeness (QED) is 0.696. The minimum Gasteiger partial charge on any atom is -0.350 e. The van der Waals surface area contributed by atoms with E-state index in [1.807, 2.05) is 13.0 Å². The van der Waals surface area contributed by atoms with Crippen molar-refractivity contribution in [3.8, 4) is 0 Å². The van der Waals surface area contributed by atoms with Gasteiger partial charge >= 0.3 is 0 Å². The van der Waals surface area contributed by atoms with E-state index in [1.54, 1.807) is 24.3 Å². The molecule has 28 heavy (non-hydrogen) atoms. The molecule has 2 rings (SSSR count). The number of anilines is 1. The van der Waals surface area contributed by atoms with Crippen molar-refractivity contribution in [2.75, 3.05) is 10.6 Å². The lowest BCUT2D eigenvalue weighted by Gasteiger charge is -2.30. The Morgan fingerprint density at radius 3 is 2.21 bits per heavy atom. The van der Waals surface area contributed by atoms with Crippen molar-refractivity contribution in [2.24, 2.45) is 0 Å². The lowest BCUT2D eigenvalue weighted by Crippen LogP contribution is -2.49. The third-order valence-corrected chi connectivity index (χ3v) is 6.03. The number of aryl methyl sites for hydroxylation is 2. The molecule has 2 aromatic carbocycles. The molecule has 0 radical (unpaired) electrons. The highest BCUT2D eigenvalue weighted by Gasteiger charge is 2.31. The van der Waals surface area contributed by atoms with Gasteiger partial charge in [0.05, 0.1) is 11.9 Å². The third-order valence-electron chi connectivity index (χ3n) is 4.85. The molecule has 0 spiro atoms. The third kappa shape index (κ3) is 5.35. The number of sulfonamides is 1. The highest BCUT2D eigenvalue weighted by atomic mass is 32.2. The van der Waals surface area contributed by atoms with Gasteiger partial charge in [-0.15, -0.1) is 0 Å². The molecule has 2 aromatic rings. The van der Waals surface area contributed by atoms with Gasteiger partial charge in [-0.2, -0.15) is 0 Å². The van der Waals surface area contributed by atoms with Crippen molar-refractivity contribution in [1.82, 2.24) is 5.32 Å². The molecular weight excluding hydrogens is 372 g/mol. The molecule has 152 valence electrons. The number of carbonyl (C=O) groups excluding carboxylic acids is 1. The molecule has 1 N–H and O–H groups in total. The minimum absolute atomic E-state index is 0.291. The molecule has 0 aliphatic carbocycles. The van der Waals surface area contributed by atoms with Crippen LogP contribution in [0.5, 0.6) is 0 Å². The fraction of sp³-hybridized carbons (Fsp3) is 0.409. The van der Waals surface area contributed by atoms with E-state index in [-0.39, 0.29) is 5.91 Å². The van der Waals surface area contributed by atoms with Gasteiger partial charge in [0.25, 0.3) is 0 Å². The van der Waals surface area contributed by atoms with Crippen molar-refractivity contribution in [2.45, 2.75) is 52.6 Å². The minimum atomic E-state index is -3.61. The molecule has 1 amide bonds. The molecule has 0 fully saturated rings.